The second-order valence-corrected chi connectivity index (χ2v) is 7.85. The fourth-order valence-electron chi connectivity index (χ4n) is 2.73. The van der Waals surface area contributed by atoms with Crippen LogP contribution in [0, 0.1) is 42.9 Å². The van der Waals surface area contributed by atoms with Crippen LogP contribution in [0.3, 0.4) is 0 Å². The van der Waals surface area contributed by atoms with E-state index in [2.05, 4.69) is 9.82 Å². The highest BCUT2D eigenvalue weighted by Crippen LogP contribution is 2.27. The van der Waals surface area contributed by atoms with Crippen molar-refractivity contribution in [1.29, 1.82) is 0 Å². The number of anilines is 1. The molecular formula is C18H14F5N3O2S. The molecule has 5 nitrogen and oxygen atoms in total. The molecule has 11 heteroatoms. The topological polar surface area (TPSA) is 64.0 Å². The zero-order valence-corrected chi connectivity index (χ0v) is 15.9. The van der Waals surface area contributed by atoms with Gasteiger partial charge in [0.05, 0.1) is 34.1 Å². The molecule has 0 bridgehead atoms. The molecule has 3 aromatic rings. The highest BCUT2D eigenvalue weighted by atomic mass is 32.2. The number of hydrogen-bond acceptors (Lipinski definition) is 3. The van der Waals surface area contributed by atoms with Crippen LogP contribution in [0.5, 0.6) is 0 Å². The van der Waals surface area contributed by atoms with E-state index in [4.69, 9.17) is 0 Å². The Morgan fingerprint density at radius 1 is 0.897 bits per heavy atom. The van der Waals surface area contributed by atoms with Crippen molar-refractivity contribution in [2.75, 3.05) is 4.72 Å². The van der Waals surface area contributed by atoms with E-state index >= 15 is 0 Å². The van der Waals surface area contributed by atoms with Crippen molar-refractivity contribution in [1.82, 2.24) is 9.78 Å². The number of nitrogens with zero attached hydrogens (tertiary/aromatic N) is 2. The molecule has 0 amide bonds. The van der Waals surface area contributed by atoms with Gasteiger partial charge in [-0.05, 0) is 26.0 Å². The van der Waals surface area contributed by atoms with Crippen molar-refractivity contribution in [3.63, 3.8) is 0 Å². The van der Waals surface area contributed by atoms with Gasteiger partial charge in [-0.1, -0.05) is 18.2 Å². The van der Waals surface area contributed by atoms with Crippen molar-refractivity contribution >= 4 is 15.7 Å². The zero-order valence-electron chi connectivity index (χ0n) is 15.1. The van der Waals surface area contributed by atoms with Crippen LogP contribution in [0.25, 0.3) is 0 Å². The highest BCUT2D eigenvalue weighted by Gasteiger charge is 2.27. The molecule has 0 radical (unpaired) electrons. The lowest BCUT2D eigenvalue weighted by Crippen LogP contribution is -2.15. The van der Waals surface area contributed by atoms with Crippen molar-refractivity contribution < 1.29 is 30.4 Å². The third kappa shape index (κ3) is 3.69. The smallest absolute Gasteiger partial charge is 0.262 e. The third-order valence-corrected chi connectivity index (χ3v) is 5.65. The summed E-state index contributed by atoms with van der Waals surface area (Å²) < 4.78 is 96.2. The van der Waals surface area contributed by atoms with Crippen molar-refractivity contribution in [3.05, 3.63) is 76.4 Å². The summed E-state index contributed by atoms with van der Waals surface area (Å²) in [6.45, 7) is 2.05. The molecule has 29 heavy (non-hydrogen) atoms. The van der Waals surface area contributed by atoms with E-state index in [0.29, 0.717) is 0 Å². The summed E-state index contributed by atoms with van der Waals surface area (Å²) in [4.78, 5) is -0.0219. The van der Waals surface area contributed by atoms with Gasteiger partial charge in [-0.15, -0.1) is 0 Å². The number of rotatable bonds is 5. The fourth-order valence-corrected chi connectivity index (χ4v) is 3.93. The lowest BCUT2D eigenvalue weighted by Gasteiger charge is -2.11. The van der Waals surface area contributed by atoms with Gasteiger partial charge in [-0.3, -0.25) is 9.40 Å². The van der Waals surface area contributed by atoms with E-state index in [-0.39, 0.29) is 22.0 Å². The molecule has 0 unspecified atom stereocenters. The number of hydrogen-bond donors (Lipinski definition) is 1. The standard InChI is InChI=1S/C18H14F5N3O2S/c1-9-18(25-29(27,28)11-6-4-3-5-7-11)10(2)26(24-9)8-12-13(19)15(21)17(23)16(22)14(12)20/h3-7,25H,8H2,1-2H3. The Balaban J connectivity index is 2.00. The molecule has 0 saturated heterocycles. The Morgan fingerprint density at radius 3 is 1.97 bits per heavy atom. The summed E-state index contributed by atoms with van der Waals surface area (Å²) in [6.07, 6.45) is 0. The van der Waals surface area contributed by atoms with Gasteiger partial charge in [0.2, 0.25) is 5.82 Å². The van der Waals surface area contributed by atoms with E-state index in [9.17, 15) is 30.4 Å². The van der Waals surface area contributed by atoms with Gasteiger partial charge in [0.15, 0.2) is 23.3 Å². The first-order valence-corrected chi connectivity index (χ1v) is 9.65. The van der Waals surface area contributed by atoms with Gasteiger partial charge in [-0.25, -0.2) is 30.4 Å². The minimum atomic E-state index is -3.97. The van der Waals surface area contributed by atoms with E-state index < -0.39 is 51.2 Å². The lowest BCUT2D eigenvalue weighted by molar-refractivity contribution is 0.366. The Bertz CT molecular complexity index is 1170. The van der Waals surface area contributed by atoms with Gasteiger partial charge >= 0.3 is 0 Å². The molecular weight excluding hydrogens is 417 g/mol. The normalized spacial score (nSPS) is 11.7. The molecule has 1 aromatic heterocycles. The average molecular weight is 431 g/mol. The number of aromatic nitrogens is 2. The van der Waals surface area contributed by atoms with Crippen molar-refractivity contribution in [2.24, 2.45) is 0 Å². The average Bonchev–Trinajstić information content (AvgIpc) is 2.96. The van der Waals surface area contributed by atoms with E-state index in [1.807, 2.05) is 0 Å². The van der Waals surface area contributed by atoms with Gasteiger partial charge in [-0.2, -0.15) is 5.10 Å². The molecule has 0 aliphatic rings. The SMILES string of the molecule is Cc1nn(Cc2c(F)c(F)c(F)c(F)c2F)c(C)c1NS(=O)(=O)c1ccccc1. The highest BCUT2D eigenvalue weighted by molar-refractivity contribution is 7.92. The summed E-state index contributed by atoms with van der Waals surface area (Å²) in [6, 6.07) is 7.43. The first kappa shape index (κ1) is 20.8. The molecule has 0 fully saturated rings. The maximum absolute atomic E-state index is 13.9. The van der Waals surface area contributed by atoms with Gasteiger partial charge in [0.1, 0.15) is 0 Å². The molecule has 3 rings (SSSR count). The zero-order chi connectivity index (χ0) is 21.5. The fraction of sp³-hybridized carbons (Fsp3) is 0.167. The Kier molecular flexibility index (Phi) is 5.35. The number of halogens is 5. The van der Waals surface area contributed by atoms with Crippen LogP contribution < -0.4 is 4.72 Å². The molecule has 154 valence electrons. The van der Waals surface area contributed by atoms with Crippen LogP contribution in [0.2, 0.25) is 0 Å². The van der Waals surface area contributed by atoms with Crippen molar-refractivity contribution in [2.45, 2.75) is 25.3 Å². The van der Waals surface area contributed by atoms with Gasteiger partial charge in [0, 0.05) is 0 Å². The predicted octanol–water partition coefficient (Wildman–Crippen LogP) is 4.04. The number of aryl methyl sites for hydroxylation is 1. The first-order chi connectivity index (χ1) is 13.5. The number of sulfonamides is 1. The van der Waals surface area contributed by atoms with Crippen LogP contribution >= 0.6 is 0 Å². The van der Waals surface area contributed by atoms with E-state index in [1.165, 1.54) is 38.1 Å². The quantitative estimate of drug-likeness (QED) is 0.377. The maximum atomic E-state index is 13.9. The van der Waals surface area contributed by atoms with E-state index in [1.54, 1.807) is 6.07 Å². The predicted molar refractivity (Wildman–Crippen MR) is 94.3 cm³/mol. The second-order valence-electron chi connectivity index (χ2n) is 6.17. The number of nitrogens with one attached hydrogen (secondary N) is 1. The molecule has 0 atom stereocenters. The summed E-state index contributed by atoms with van der Waals surface area (Å²) in [7, 11) is -3.97. The maximum Gasteiger partial charge on any atom is 0.262 e. The van der Waals surface area contributed by atoms with Crippen molar-refractivity contribution in [3.8, 4) is 0 Å². The molecule has 1 heterocycles. The van der Waals surface area contributed by atoms with E-state index in [0.717, 1.165) is 4.68 Å². The second kappa shape index (κ2) is 7.47. The Morgan fingerprint density at radius 2 is 1.41 bits per heavy atom. The minimum Gasteiger partial charge on any atom is -0.276 e. The Labute approximate surface area is 162 Å². The van der Waals surface area contributed by atoms with Crippen LogP contribution in [-0.2, 0) is 16.6 Å². The summed E-state index contributed by atoms with van der Waals surface area (Å²) in [5, 5.41) is 3.97. The van der Waals surface area contributed by atoms with Gasteiger partial charge < -0.3 is 0 Å². The molecule has 1 N–H and O–H groups in total. The molecule has 0 spiro atoms. The van der Waals surface area contributed by atoms with Crippen LogP contribution in [0.15, 0.2) is 35.2 Å². The van der Waals surface area contributed by atoms with Gasteiger partial charge in [0.25, 0.3) is 10.0 Å². The lowest BCUT2D eigenvalue weighted by atomic mass is 10.1. The summed E-state index contributed by atoms with van der Waals surface area (Å²) in [5.74, 6) is -10.3. The molecule has 2 aromatic carbocycles. The van der Waals surface area contributed by atoms with Crippen LogP contribution in [-0.4, -0.2) is 18.2 Å². The minimum absolute atomic E-state index is 0.0219. The molecule has 0 aliphatic heterocycles. The number of benzene rings is 2. The summed E-state index contributed by atoms with van der Waals surface area (Å²) in [5.41, 5.74) is -0.751. The Hall–Kier alpha value is -2.95. The molecule has 0 aliphatic carbocycles. The van der Waals surface area contributed by atoms with Crippen LogP contribution in [0.4, 0.5) is 27.6 Å². The monoisotopic (exact) mass is 431 g/mol. The van der Waals surface area contributed by atoms with Crippen LogP contribution in [0.1, 0.15) is 17.0 Å². The third-order valence-electron chi connectivity index (χ3n) is 4.28. The summed E-state index contributed by atoms with van der Waals surface area (Å²) >= 11 is 0. The first-order valence-electron chi connectivity index (χ1n) is 8.16. The molecule has 0 saturated carbocycles. The largest absolute Gasteiger partial charge is 0.276 e.